The zero-order valence-corrected chi connectivity index (χ0v) is 18.1. The summed E-state index contributed by atoms with van der Waals surface area (Å²) in [4.78, 5) is 8.88. The van der Waals surface area contributed by atoms with Crippen LogP contribution in [0.4, 0.5) is 8.78 Å². The molecule has 2 aromatic carbocycles. The van der Waals surface area contributed by atoms with Gasteiger partial charge in [-0.1, -0.05) is 24.3 Å². The Kier molecular flexibility index (Phi) is 7.59. The first-order chi connectivity index (χ1) is 16.0. The van der Waals surface area contributed by atoms with Crippen molar-refractivity contribution in [3.63, 3.8) is 0 Å². The molecule has 0 amide bonds. The van der Waals surface area contributed by atoms with E-state index in [4.69, 9.17) is 4.74 Å². The lowest BCUT2D eigenvalue weighted by atomic mass is 9.88. The van der Waals surface area contributed by atoms with Crippen molar-refractivity contribution in [2.75, 3.05) is 6.61 Å². The number of aliphatic hydroxyl groups excluding tert-OH is 2. The highest BCUT2D eigenvalue weighted by atomic mass is 19.2. The molecule has 1 heterocycles. The van der Waals surface area contributed by atoms with Gasteiger partial charge in [0.15, 0.2) is 17.5 Å². The first kappa shape index (κ1) is 23.2. The maximum absolute atomic E-state index is 13.5. The van der Waals surface area contributed by atoms with Gasteiger partial charge in [0.05, 0.1) is 6.10 Å². The van der Waals surface area contributed by atoms with Crippen LogP contribution < -0.4 is 10.1 Å². The summed E-state index contributed by atoms with van der Waals surface area (Å²) in [5.74, 6) is -0.908. The minimum absolute atomic E-state index is 0.0897. The Morgan fingerprint density at radius 2 is 1.85 bits per heavy atom. The van der Waals surface area contributed by atoms with Crippen molar-refractivity contribution in [2.24, 2.45) is 11.8 Å². The summed E-state index contributed by atoms with van der Waals surface area (Å²) in [7, 11) is 0. The largest absolute Gasteiger partial charge is 0.486 e. The van der Waals surface area contributed by atoms with Gasteiger partial charge in [0.2, 0.25) is 0 Å². The number of nitrogens with zero attached hydrogens (tertiary/aromatic N) is 2. The van der Waals surface area contributed by atoms with Crippen LogP contribution in [0.25, 0.3) is 0 Å². The smallest absolute Gasteiger partial charge is 0.166 e. The molecule has 4 rings (SSSR count). The number of hydrogen-bond acceptors (Lipinski definition) is 6. The normalized spacial score (nSPS) is 22.4. The van der Waals surface area contributed by atoms with E-state index in [2.05, 4.69) is 15.3 Å². The molecule has 174 valence electrons. The van der Waals surface area contributed by atoms with E-state index in [1.807, 2.05) is 36.4 Å². The monoisotopic (exact) mass is 455 g/mol. The second kappa shape index (κ2) is 10.8. The van der Waals surface area contributed by atoms with Crippen LogP contribution in [0.1, 0.15) is 23.5 Å². The fourth-order valence-electron chi connectivity index (χ4n) is 4.41. The van der Waals surface area contributed by atoms with E-state index in [0.29, 0.717) is 30.8 Å². The van der Waals surface area contributed by atoms with Crippen LogP contribution in [-0.2, 0) is 19.6 Å². The quantitative estimate of drug-likeness (QED) is 0.460. The number of rotatable bonds is 9. The Morgan fingerprint density at radius 3 is 2.61 bits per heavy atom. The van der Waals surface area contributed by atoms with E-state index in [0.717, 1.165) is 23.6 Å². The van der Waals surface area contributed by atoms with Crippen LogP contribution >= 0.6 is 0 Å². The topological polar surface area (TPSA) is 87.5 Å². The number of aromatic nitrogens is 2. The van der Waals surface area contributed by atoms with Gasteiger partial charge in [0.1, 0.15) is 12.4 Å². The molecule has 4 atom stereocenters. The number of ether oxygens (including phenoxy) is 1. The van der Waals surface area contributed by atoms with E-state index in [9.17, 15) is 19.0 Å². The van der Waals surface area contributed by atoms with E-state index < -0.39 is 17.7 Å². The van der Waals surface area contributed by atoms with E-state index in [1.165, 1.54) is 6.07 Å². The van der Waals surface area contributed by atoms with E-state index in [1.54, 1.807) is 6.20 Å². The first-order valence-electron chi connectivity index (χ1n) is 11.0. The van der Waals surface area contributed by atoms with Gasteiger partial charge in [-0.15, -0.1) is 0 Å². The zero-order chi connectivity index (χ0) is 23.2. The molecule has 1 aliphatic carbocycles. The number of para-hydroxylation sites is 1. The van der Waals surface area contributed by atoms with Crippen molar-refractivity contribution in [1.29, 1.82) is 0 Å². The molecular formula is C25H27F2N3O3. The molecule has 1 aromatic heterocycles. The van der Waals surface area contributed by atoms with Gasteiger partial charge in [0.25, 0.3) is 0 Å². The predicted octanol–water partition coefficient (Wildman–Crippen LogP) is 3.02. The molecular weight excluding hydrogens is 428 g/mol. The molecule has 8 heteroatoms. The van der Waals surface area contributed by atoms with Crippen LogP contribution in [-0.4, -0.2) is 38.9 Å². The molecule has 0 bridgehead atoms. The second-order valence-corrected chi connectivity index (χ2v) is 8.32. The SMILES string of the molecule is OC[C@@H]1[C@@H](Cc2ccnc(COc3ccccc3)n2)[C@H](NCc2ccc(F)c(F)c2)C[C@H]1O. The maximum atomic E-state index is 13.5. The van der Waals surface area contributed by atoms with Crippen molar-refractivity contribution in [3.05, 3.63) is 89.5 Å². The van der Waals surface area contributed by atoms with Crippen LogP contribution in [0, 0.1) is 23.5 Å². The number of nitrogens with one attached hydrogen (secondary N) is 1. The van der Waals surface area contributed by atoms with Gasteiger partial charge in [-0.2, -0.15) is 0 Å². The highest BCUT2D eigenvalue weighted by Gasteiger charge is 2.42. The summed E-state index contributed by atoms with van der Waals surface area (Å²) in [5.41, 5.74) is 1.39. The van der Waals surface area contributed by atoms with Crippen LogP contribution in [0.3, 0.4) is 0 Å². The van der Waals surface area contributed by atoms with E-state index >= 15 is 0 Å². The molecule has 0 aliphatic heterocycles. The Hall–Kier alpha value is -2.94. The van der Waals surface area contributed by atoms with Crippen molar-refractivity contribution in [3.8, 4) is 5.75 Å². The summed E-state index contributed by atoms with van der Waals surface area (Å²) in [6.07, 6.45) is 1.99. The molecule has 1 fully saturated rings. The molecule has 3 N–H and O–H groups in total. The highest BCUT2D eigenvalue weighted by Crippen LogP contribution is 2.35. The summed E-state index contributed by atoms with van der Waals surface area (Å²) >= 11 is 0. The predicted molar refractivity (Wildman–Crippen MR) is 118 cm³/mol. The number of halogens is 2. The minimum atomic E-state index is -0.892. The third-order valence-corrected chi connectivity index (χ3v) is 6.14. The maximum Gasteiger partial charge on any atom is 0.166 e. The Morgan fingerprint density at radius 1 is 1.03 bits per heavy atom. The van der Waals surface area contributed by atoms with E-state index in [-0.39, 0.29) is 31.1 Å². The summed E-state index contributed by atoms with van der Waals surface area (Å²) in [6.45, 7) is 0.403. The fraction of sp³-hybridized carbons (Fsp3) is 0.360. The highest BCUT2D eigenvalue weighted by molar-refractivity contribution is 5.21. The lowest BCUT2D eigenvalue weighted by Crippen LogP contribution is -2.36. The van der Waals surface area contributed by atoms with Crippen LogP contribution in [0.15, 0.2) is 60.8 Å². The average molecular weight is 456 g/mol. The molecule has 0 radical (unpaired) electrons. The van der Waals surface area contributed by atoms with Gasteiger partial charge in [-0.25, -0.2) is 18.7 Å². The van der Waals surface area contributed by atoms with Gasteiger partial charge in [-0.05, 0) is 54.7 Å². The molecule has 1 aliphatic rings. The molecule has 0 unspecified atom stereocenters. The van der Waals surface area contributed by atoms with Crippen LogP contribution in [0.2, 0.25) is 0 Å². The average Bonchev–Trinajstić information content (AvgIpc) is 3.13. The Bertz CT molecular complexity index is 1050. The molecule has 6 nitrogen and oxygen atoms in total. The summed E-state index contributed by atoms with van der Waals surface area (Å²) in [6, 6.07) is 14.9. The number of benzene rings is 2. The zero-order valence-electron chi connectivity index (χ0n) is 18.1. The van der Waals surface area contributed by atoms with Gasteiger partial charge < -0.3 is 20.3 Å². The van der Waals surface area contributed by atoms with Gasteiger partial charge >= 0.3 is 0 Å². The number of aliphatic hydroxyl groups is 2. The van der Waals surface area contributed by atoms with Crippen molar-refractivity contribution in [2.45, 2.75) is 38.1 Å². The molecule has 0 saturated heterocycles. The summed E-state index contributed by atoms with van der Waals surface area (Å²) in [5, 5.41) is 23.7. The first-order valence-corrected chi connectivity index (χ1v) is 11.0. The summed E-state index contributed by atoms with van der Waals surface area (Å²) < 4.78 is 32.5. The number of hydrogen-bond donors (Lipinski definition) is 3. The van der Waals surface area contributed by atoms with Crippen molar-refractivity contribution in [1.82, 2.24) is 15.3 Å². The Labute approximate surface area is 191 Å². The third kappa shape index (κ3) is 5.90. The fourth-order valence-corrected chi connectivity index (χ4v) is 4.41. The molecule has 1 saturated carbocycles. The van der Waals surface area contributed by atoms with Crippen molar-refractivity contribution >= 4 is 0 Å². The molecule has 3 aromatic rings. The lowest BCUT2D eigenvalue weighted by molar-refractivity contribution is 0.0715. The molecule has 33 heavy (non-hydrogen) atoms. The second-order valence-electron chi connectivity index (χ2n) is 8.32. The van der Waals surface area contributed by atoms with Gasteiger partial charge in [0, 0.05) is 37.0 Å². The van der Waals surface area contributed by atoms with Crippen LogP contribution in [0.5, 0.6) is 5.75 Å². The van der Waals surface area contributed by atoms with Crippen molar-refractivity contribution < 1.29 is 23.7 Å². The minimum Gasteiger partial charge on any atom is -0.486 e. The standard InChI is InChI=1S/C25H27F2N3O3/c26-21-7-6-16(10-22(21)27)13-29-23-12-24(32)20(14-31)19(23)11-17-8-9-28-25(30-17)15-33-18-4-2-1-3-5-18/h1-10,19-20,23-24,29,31-32H,11-15H2/t19-,20-,23-,24-/m1/s1. The molecule has 0 spiro atoms. The van der Waals surface area contributed by atoms with Gasteiger partial charge in [-0.3, -0.25) is 0 Å². The lowest BCUT2D eigenvalue weighted by Gasteiger charge is -2.25. The Balaban J connectivity index is 1.42. The third-order valence-electron chi connectivity index (χ3n) is 6.14.